The van der Waals surface area contributed by atoms with Crippen molar-refractivity contribution in [2.45, 2.75) is 5.03 Å². The highest BCUT2D eigenvalue weighted by atomic mass is 32.2. The van der Waals surface area contributed by atoms with Gasteiger partial charge in [-0.05, 0) is 23.6 Å². The van der Waals surface area contributed by atoms with E-state index in [9.17, 15) is 4.79 Å². The smallest absolute Gasteiger partial charge is 0.234 e. The average molecular weight is 331 g/mol. The third-order valence-corrected chi connectivity index (χ3v) is 4.96. The molecule has 0 aliphatic rings. The zero-order valence-electron chi connectivity index (χ0n) is 11.8. The fourth-order valence-corrected chi connectivity index (χ4v) is 3.68. The summed E-state index contributed by atoms with van der Waals surface area (Å²) < 4.78 is 6.23. The minimum Gasteiger partial charge on any atom is -0.495 e. The number of hydrogen-bond donors (Lipinski definition) is 1. The van der Waals surface area contributed by atoms with E-state index in [1.54, 1.807) is 18.4 Å². The molecule has 0 fully saturated rings. The predicted molar refractivity (Wildman–Crippen MR) is 89.8 cm³/mol. The number of para-hydroxylation sites is 2. The molecule has 0 saturated carbocycles. The Labute approximate surface area is 135 Å². The summed E-state index contributed by atoms with van der Waals surface area (Å²) in [4.78, 5) is 20.5. The summed E-state index contributed by atoms with van der Waals surface area (Å²) in [5, 5.41) is 5.65. The van der Waals surface area contributed by atoms with Crippen LogP contribution in [0.1, 0.15) is 0 Å². The van der Waals surface area contributed by atoms with E-state index in [2.05, 4.69) is 15.3 Å². The van der Waals surface area contributed by atoms with Gasteiger partial charge < -0.3 is 10.1 Å². The lowest BCUT2D eigenvalue weighted by Crippen LogP contribution is -2.14. The normalized spacial score (nSPS) is 10.6. The molecule has 5 nitrogen and oxygen atoms in total. The Morgan fingerprint density at radius 2 is 2.18 bits per heavy atom. The van der Waals surface area contributed by atoms with E-state index in [1.165, 1.54) is 18.1 Å². The van der Waals surface area contributed by atoms with Crippen LogP contribution < -0.4 is 10.1 Å². The molecule has 0 radical (unpaired) electrons. The summed E-state index contributed by atoms with van der Waals surface area (Å²) >= 11 is 2.98. The van der Waals surface area contributed by atoms with E-state index < -0.39 is 0 Å². The largest absolute Gasteiger partial charge is 0.495 e. The standard InChI is InChI=1S/C15H13N3O2S2/c1-20-12-5-3-2-4-10(12)18-13(19)8-22-15-14-11(6-7-21-14)16-9-17-15/h2-7,9H,8H2,1H3,(H,18,19). The first-order valence-electron chi connectivity index (χ1n) is 6.52. The van der Waals surface area contributed by atoms with Gasteiger partial charge in [-0.2, -0.15) is 0 Å². The van der Waals surface area contributed by atoms with Gasteiger partial charge in [0.2, 0.25) is 5.91 Å². The second-order valence-electron chi connectivity index (χ2n) is 4.35. The lowest BCUT2D eigenvalue weighted by Gasteiger charge is -2.09. The number of anilines is 1. The number of amides is 1. The molecule has 0 atom stereocenters. The van der Waals surface area contributed by atoms with Crippen molar-refractivity contribution in [3.63, 3.8) is 0 Å². The van der Waals surface area contributed by atoms with Crippen LogP contribution >= 0.6 is 23.1 Å². The predicted octanol–water partition coefficient (Wildman–Crippen LogP) is 3.43. The Balaban J connectivity index is 1.66. The molecule has 3 aromatic rings. The van der Waals surface area contributed by atoms with E-state index in [4.69, 9.17) is 4.74 Å². The van der Waals surface area contributed by atoms with Gasteiger partial charge in [0.05, 0.1) is 28.8 Å². The first kappa shape index (κ1) is 14.8. The Kier molecular flexibility index (Phi) is 4.55. The molecule has 112 valence electrons. The van der Waals surface area contributed by atoms with Gasteiger partial charge in [0.25, 0.3) is 0 Å². The van der Waals surface area contributed by atoms with Crippen molar-refractivity contribution in [3.05, 3.63) is 42.0 Å². The summed E-state index contributed by atoms with van der Waals surface area (Å²) in [5.41, 5.74) is 1.58. The summed E-state index contributed by atoms with van der Waals surface area (Å²) in [6.45, 7) is 0. The van der Waals surface area contributed by atoms with Crippen LogP contribution in [0.5, 0.6) is 5.75 Å². The van der Waals surface area contributed by atoms with Gasteiger partial charge in [-0.1, -0.05) is 23.9 Å². The minimum absolute atomic E-state index is 0.0992. The van der Waals surface area contributed by atoms with Gasteiger partial charge in [0.1, 0.15) is 17.1 Å². The van der Waals surface area contributed by atoms with Gasteiger partial charge in [0.15, 0.2) is 0 Å². The van der Waals surface area contributed by atoms with Crippen molar-refractivity contribution in [2.24, 2.45) is 0 Å². The number of benzene rings is 1. The number of thiophene rings is 1. The maximum absolute atomic E-state index is 12.1. The van der Waals surface area contributed by atoms with E-state index in [0.717, 1.165) is 15.2 Å². The topological polar surface area (TPSA) is 64.1 Å². The summed E-state index contributed by atoms with van der Waals surface area (Å²) in [6.07, 6.45) is 1.52. The lowest BCUT2D eigenvalue weighted by atomic mass is 10.3. The number of thioether (sulfide) groups is 1. The number of rotatable bonds is 5. The van der Waals surface area contributed by atoms with Crippen LogP contribution in [0.3, 0.4) is 0 Å². The van der Waals surface area contributed by atoms with Crippen molar-refractivity contribution in [3.8, 4) is 5.75 Å². The number of hydrogen-bond acceptors (Lipinski definition) is 6. The number of carbonyl (C=O) groups is 1. The number of nitrogens with one attached hydrogen (secondary N) is 1. The zero-order valence-corrected chi connectivity index (χ0v) is 13.4. The first-order chi connectivity index (χ1) is 10.8. The minimum atomic E-state index is -0.0992. The van der Waals surface area contributed by atoms with Crippen LogP contribution in [0.15, 0.2) is 47.1 Å². The molecule has 0 saturated heterocycles. The van der Waals surface area contributed by atoms with Crippen molar-refractivity contribution < 1.29 is 9.53 Å². The molecule has 0 unspecified atom stereocenters. The molecule has 0 aliphatic carbocycles. The van der Waals surface area contributed by atoms with Gasteiger partial charge >= 0.3 is 0 Å². The molecular weight excluding hydrogens is 318 g/mol. The van der Waals surface area contributed by atoms with Crippen molar-refractivity contribution in [1.82, 2.24) is 9.97 Å². The third-order valence-electron chi connectivity index (χ3n) is 2.93. The van der Waals surface area contributed by atoms with Gasteiger partial charge in [-0.25, -0.2) is 9.97 Å². The van der Waals surface area contributed by atoms with Crippen LogP contribution in [0.25, 0.3) is 10.2 Å². The zero-order chi connectivity index (χ0) is 15.4. The number of aromatic nitrogens is 2. The number of nitrogens with zero attached hydrogens (tertiary/aromatic N) is 2. The molecule has 7 heteroatoms. The molecule has 1 N–H and O–H groups in total. The van der Waals surface area contributed by atoms with Crippen LogP contribution in [-0.4, -0.2) is 28.7 Å². The second kappa shape index (κ2) is 6.76. The van der Waals surface area contributed by atoms with Crippen LogP contribution in [0, 0.1) is 0 Å². The fourth-order valence-electron chi connectivity index (χ4n) is 1.94. The Morgan fingerprint density at radius 1 is 1.32 bits per heavy atom. The fraction of sp³-hybridized carbons (Fsp3) is 0.133. The summed E-state index contributed by atoms with van der Waals surface area (Å²) in [7, 11) is 1.58. The van der Waals surface area contributed by atoms with Gasteiger partial charge in [-0.3, -0.25) is 4.79 Å². The molecule has 3 rings (SSSR count). The van der Waals surface area contributed by atoms with E-state index in [0.29, 0.717) is 11.4 Å². The Hall–Kier alpha value is -2.12. The van der Waals surface area contributed by atoms with Crippen molar-refractivity contribution >= 4 is 44.9 Å². The maximum atomic E-state index is 12.1. The molecule has 0 aliphatic heterocycles. The molecule has 1 amide bonds. The third kappa shape index (κ3) is 3.20. The number of ether oxygens (including phenoxy) is 1. The number of fused-ring (bicyclic) bond motifs is 1. The SMILES string of the molecule is COc1ccccc1NC(=O)CSc1ncnc2ccsc12. The molecule has 2 heterocycles. The first-order valence-corrected chi connectivity index (χ1v) is 8.38. The molecule has 0 bridgehead atoms. The highest BCUT2D eigenvalue weighted by Crippen LogP contribution is 2.29. The highest BCUT2D eigenvalue weighted by Gasteiger charge is 2.10. The van der Waals surface area contributed by atoms with E-state index in [1.807, 2.05) is 35.7 Å². The van der Waals surface area contributed by atoms with Gasteiger partial charge in [0, 0.05) is 0 Å². The molecule has 1 aromatic carbocycles. The monoisotopic (exact) mass is 331 g/mol. The highest BCUT2D eigenvalue weighted by molar-refractivity contribution is 8.00. The summed E-state index contributed by atoms with van der Waals surface area (Å²) in [5.74, 6) is 0.823. The molecular formula is C15H13N3O2S2. The maximum Gasteiger partial charge on any atom is 0.234 e. The summed E-state index contributed by atoms with van der Waals surface area (Å²) in [6, 6.07) is 9.27. The molecule has 22 heavy (non-hydrogen) atoms. The van der Waals surface area contributed by atoms with Gasteiger partial charge in [-0.15, -0.1) is 11.3 Å². The Bertz CT molecular complexity index is 804. The average Bonchev–Trinajstić information content (AvgIpc) is 3.02. The second-order valence-corrected chi connectivity index (χ2v) is 6.23. The van der Waals surface area contributed by atoms with Crippen molar-refractivity contribution in [1.29, 1.82) is 0 Å². The quantitative estimate of drug-likeness (QED) is 0.573. The molecule has 0 spiro atoms. The van der Waals surface area contributed by atoms with E-state index >= 15 is 0 Å². The van der Waals surface area contributed by atoms with Crippen LogP contribution in [0.4, 0.5) is 5.69 Å². The van der Waals surface area contributed by atoms with E-state index in [-0.39, 0.29) is 11.7 Å². The van der Waals surface area contributed by atoms with Crippen LogP contribution in [-0.2, 0) is 4.79 Å². The van der Waals surface area contributed by atoms with Crippen molar-refractivity contribution in [2.75, 3.05) is 18.2 Å². The number of carbonyl (C=O) groups excluding carboxylic acids is 1. The lowest BCUT2D eigenvalue weighted by molar-refractivity contribution is -0.113. The molecule has 2 aromatic heterocycles. The van der Waals surface area contributed by atoms with Crippen LogP contribution in [0.2, 0.25) is 0 Å². The Morgan fingerprint density at radius 3 is 3.05 bits per heavy atom. The number of methoxy groups -OCH3 is 1.